The van der Waals surface area contributed by atoms with Gasteiger partial charge in [0.25, 0.3) is 0 Å². The summed E-state index contributed by atoms with van der Waals surface area (Å²) >= 11 is 0. The van der Waals surface area contributed by atoms with E-state index >= 15 is 0 Å². The number of aryl methyl sites for hydroxylation is 2. The van der Waals surface area contributed by atoms with Gasteiger partial charge in [-0.3, -0.25) is 0 Å². The van der Waals surface area contributed by atoms with Crippen LogP contribution in [0, 0.1) is 13.8 Å². The van der Waals surface area contributed by atoms with Crippen molar-refractivity contribution < 1.29 is 30.0 Å². The lowest BCUT2D eigenvalue weighted by molar-refractivity contribution is 0.0696. The molecule has 0 aliphatic heterocycles. The van der Waals surface area contributed by atoms with Crippen LogP contribution in [0.3, 0.4) is 0 Å². The zero-order valence-electron chi connectivity index (χ0n) is 19.6. The Morgan fingerprint density at radius 1 is 0.889 bits per heavy atom. The molecule has 0 bridgehead atoms. The maximum absolute atomic E-state index is 11.3. The van der Waals surface area contributed by atoms with Gasteiger partial charge in [0.1, 0.15) is 5.82 Å². The van der Waals surface area contributed by atoms with Crippen molar-refractivity contribution in [2.45, 2.75) is 13.8 Å². The first-order chi connectivity index (χ1) is 17.2. The number of aliphatic hydroxyl groups excluding tert-OH is 2. The third-order valence-corrected chi connectivity index (χ3v) is 4.90. The van der Waals surface area contributed by atoms with Gasteiger partial charge in [0.05, 0.1) is 35.7 Å². The number of nitrogens with zero attached hydrogens (tertiary/aromatic N) is 6. The standard InChI is InChI=1S/C23H25N7O6/c1-13-9-17(26-22-24-14(2)25-23(27-22)30(5-7-31)6-8-32)3-4-19(13)29-28-18-11-15(20(33)34)10-16(12-18)21(35)36/h3-4,9-12,31-32H,5-8H2,1-2H3,(H,33,34)(H,35,36)(H,24,25,26,27). The Labute approximate surface area is 205 Å². The topological polar surface area (TPSA) is 194 Å². The molecular formula is C23H25N7O6. The van der Waals surface area contributed by atoms with Gasteiger partial charge in [0.2, 0.25) is 11.9 Å². The number of hydrogen-bond donors (Lipinski definition) is 5. The van der Waals surface area contributed by atoms with E-state index in [0.29, 0.717) is 23.1 Å². The van der Waals surface area contributed by atoms with E-state index in [1.807, 2.05) is 0 Å². The Morgan fingerprint density at radius 2 is 1.53 bits per heavy atom. The van der Waals surface area contributed by atoms with Crippen LogP contribution in [0.5, 0.6) is 0 Å². The molecule has 188 valence electrons. The summed E-state index contributed by atoms with van der Waals surface area (Å²) < 4.78 is 0. The van der Waals surface area contributed by atoms with Gasteiger partial charge in [-0.05, 0) is 55.8 Å². The van der Waals surface area contributed by atoms with Crippen LogP contribution in [-0.2, 0) is 0 Å². The van der Waals surface area contributed by atoms with E-state index in [1.165, 1.54) is 12.1 Å². The normalized spacial score (nSPS) is 11.0. The first-order valence-electron chi connectivity index (χ1n) is 10.8. The third-order valence-electron chi connectivity index (χ3n) is 4.90. The molecule has 1 heterocycles. The molecule has 0 fully saturated rings. The van der Waals surface area contributed by atoms with Gasteiger partial charge >= 0.3 is 11.9 Å². The van der Waals surface area contributed by atoms with Gasteiger partial charge in [-0.15, -0.1) is 0 Å². The quantitative estimate of drug-likeness (QED) is 0.245. The number of aromatic nitrogens is 3. The highest BCUT2D eigenvalue weighted by Crippen LogP contribution is 2.27. The van der Waals surface area contributed by atoms with Gasteiger partial charge in [-0.1, -0.05) is 0 Å². The summed E-state index contributed by atoms with van der Waals surface area (Å²) in [4.78, 5) is 37.1. The molecule has 0 saturated carbocycles. The van der Waals surface area contributed by atoms with Crippen molar-refractivity contribution in [1.82, 2.24) is 15.0 Å². The van der Waals surface area contributed by atoms with Crippen LogP contribution in [0.4, 0.5) is 29.0 Å². The van der Waals surface area contributed by atoms with Crippen LogP contribution in [-0.4, -0.2) is 73.6 Å². The predicted molar refractivity (Wildman–Crippen MR) is 130 cm³/mol. The van der Waals surface area contributed by atoms with Crippen molar-refractivity contribution in [1.29, 1.82) is 0 Å². The van der Waals surface area contributed by atoms with Crippen LogP contribution in [0.1, 0.15) is 32.1 Å². The maximum Gasteiger partial charge on any atom is 0.335 e. The van der Waals surface area contributed by atoms with Crippen LogP contribution >= 0.6 is 0 Å². The van der Waals surface area contributed by atoms with E-state index in [0.717, 1.165) is 11.6 Å². The monoisotopic (exact) mass is 495 g/mol. The van der Waals surface area contributed by atoms with Crippen LogP contribution < -0.4 is 10.2 Å². The molecule has 13 heteroatoms. The summed E-state index contributed by atoms with van der Waals surface area (Å²) in [6.07, 6.45) is 0. The summed E-state index contributed by atoms with van der Waals surface area (Å²) in [5, 5.41) is 48.2. The first-order valence-corrected chi connectivity index (χ1v) is 10.8. The first kappa shape index (κ1) is 26.1. The van der Waals surface area contributed by atoms with E-state index in [2.05, 4.69) is 30.5 Å². The van der Waals surface area contributed by atoms with Crippen molar-refractivity contribution in [3.63, 3.8) is 0 Å². The Kier molecular flexibility index (Phi) is 8.54. The lowest BCUT2D eigenvalue weighted by Gasteiger charge is -2.21. The number of carboxylic acid groups (broad SMARTS) is 2. The number of aliphatic hydroxyl groups is 2. The molecule has 3 rings (SSSR count). The molecule has 1 aromatic heterocycles. The molecule has 0 aliphatic rings. The van der Waals surface area contributed by atoms with E-state index < -0.39 is 11.9 Å². The Balaban J connectivity index is 1.82. The minimum atomic E-state index is -1.27. The van der Waals surface area contributed by atoms with Crippen LogP contribution in [0.2, 0.25) is 0 Å². The van der Waals surface area contributed by atoms with Gasteiger partial charge in [0, 0.05) is 18.8 Å². The van der Waals surface area contributed by atoms with Crippen molar-refractivity contribution in [2.75, 3.05) is 36.5 Å². The maximum atomic E-state index is 11.3. The zero-order valence-corrected chi connectivity index (χ0v) is 19.6. The summed E-state index contributed by atoms with van der Waals surface area (Å²) in [7, 11) is 0. The zero-order chi connectivity index (χ0) is 26.2. The molecule has 0 saturated heterocycles. The molecule has 0 atom stereocenters. The molecule has 3 aromatic rings. The second-order valence-electron chi connectivity index (χ2n) is 7.65. The lowest BCUT2D eigenvalue weighted by Crippen LogP contribution is -2.31. The van der Waals surface area contributed by atoms with E-state index in [1.54, 1.807) is 36.9 Å². The number of nitrogens with one attached hydrogen (secondary N) is 1. The Bertz CT molecular complexity index is 1260. The van der Waals surface area contributed by atoms with Crippen molar-refractivity contribution >= 4 is 40.9 Å². The van der Waals surface area contributed by atoms with E-state index in [9.17, 15) is 30.0 Å². The third kappa shape index (κ3) is 6.77. The minimum absolute atomic E-state index is 0.0948. The average molecular weight is 495 g/mol. The second kappa shape index (κ2) is 11.8. The van der Waals surface area contributed by atoms with E-state index in [-0.39, 0.29) is 49.1 Å². The number of benzene rings is 2. The van der Waals surface area contributed by atoms with Crippen molar-refractivity contribution in [2.24, 2.45) is 10.2 Å². The molecule has 0 spiro atoms. The van der Waals surface area contributed by atoms with Crippen molar-refractivity contribution in [3.05, 3.63) is 58.9 Å². The summed E-state index contributed by atoms with van der Waals surface area (Å²) in [6.45, 7) is 3.76. The SMILES string of the molecule is Cc1nc(Nc2ccc(N=Nc3cc(C(=O)O)cc(C(=O)O)c3)c(C)c2)nc(N(CCO)CCO)n1. The molecule has 0 unspecified atom stereocenters. The molecule has 2 aromatic carbocycles. The number of carbonyl (C=O) groups is 2. The summed E-state index contributed by atoms with van der Waals surface area (Å²) in [5.41, 5.74) is 1.55. The second-order valence-corrected chi connectivity index (χ2v) is 7.65. The highest BCUT2D eigenvalue weighted by atomic mass is 16.4. The van der Waals surface area contributed by atoms with Gasteiger partial charge in [0.15, 0.2) is 0 Å². The number of azo groups is 1. The molecule has 13 nitrogen and oxygen atoms in total. The molecular weight excluding hydrogens is 470 g/mol. The molecule has 0 radical (unpaired) electrons. The van der Waals surface area contributed by atoms with Crippen LogP contribution in [0.25, 0.3) is 0 Å². The predicted octanol–water partition coefficient (Wildman–Crippen LogP) is 2.83. The number of carboxylic acids is 2. The van der Waals surface area contributed by atoms with Crippen LogP contribution in [0.15, 0.2) is 46.6 Å². The number of aromatic carboxylic acids is 2. The smallest absolute Gasteiger partial charge is 0.335 e. The Morgan fingerprint density at radius 3 is 2.08 bits per heavy atom. The van der Waals surface area contributed by atoms with E-state index in [4.69, 9.17) is 0 Å². The molecule has 36 heavy (non-hydrogen) atoms. The summed E-state index contributed by atoms with van der Waals surface area (Å²) in [5.74, 6) is -1.49. The largest absolute Gasteiger partial charge is 0.478 e. The van der Waals surface area contributed by atoms with Gasteiger partial charge < -0.3 is 30.6 Å². The highest BCUT2D eigenvalue weighted by molar-refractivity contribution is 5.95. The fourth-order valence-electron chi connectivity index (χ4n) is 3.22. The number of rotatable bonds is 11. The highest BCUT2D eigenvalue weighted by Gasteiger charge is 2.13. The number of anilines is 3. The molecule has 0 aliphatic carbocycles. The molecule has 0 amide bonds. The Hall–Kier alpha value is -4.49. The van der Waals surface area contributed by atoms with Gasteiger partial charge in [-0.25, -0.2) is 9.59 Å². The molecule has 5 N–H and O–H groups in total. The fraction of sp³-hybridized carbons (Fsp3) is 0.261. The minimum Gasteiger partial charge on any atom is -0.478 e. The fourth-order valence-corrected chi connectivity index (χ4v) is 3.22. The summed E-state index contributed by atoms with van der Waals surface area (Å²) in [6, 6.07) is 8.70. The average Bonchev–Trinajstić information content (AvgIpc) is 2.82. The van der Waals surface area contributed by atoms with Gasteiger partial charge in [-0.2, -0.15) is 25.2 Å². The lowest BCUT2D eigenvalue weighted by atomic mass is 10.1. The van der Waals surface area contributed by atoms with Crippen molar-refractivity contribution in [3.8, 4) is 0 Å². The number of hydrogen-bond acceptors (Lipinski definition) is 11.